The fraction of sp³-hybridized carbons (Fsp3) is 0.536. The Morgan fingerprint density at radius 1 is 1.12 bits per heavy atom. The Morgan fingerprint density at radius 3 is 2.61 bits per heavy atom. The summed E-state index contributed by atoms with van der Waals surface area (Å²) in [5.41, 5.74) is 3.01. The van der Waals surface area contributed by atoms with Crippen LogP contribution in [0.15, 0.2) is 48.8 Å². The maximum atomic E-state index is 13.7. The molecule has 1 N–H and O–H groups in total. The zero-order valence-electron chi connectivity index (χ0n) is 19.8. The summed E-state index contributed by atoms with van der Waals surface area (Å²) < 4.78 is 0. The molecular formula is C28H35N3O2. The van der Waals surface area contributed by atoms with E-state index in [0.29, 0.717) is 18.4 Å². The zero-order valence-corrected chi connectivity index (χ0v) is 19.8. The van der Waals surface area contributed by atoms with Gasteiger partial charge >= 0.3 is 0 Å². The standard InChI is InChI=1S/C28H35N3O2/c1-20(2)30-26(33)28(16-21-8-3-4-10-23(21)22-9-5-14-29-18-22)13-7-15-31(19-28)25(32)24-17-27(24)11-6-12-27/h3-5,8-10,14,18,20,24H,6-7,11-13,15-17,19H2,1-2H3,(H,30,33)/t24-,28+/m0/s1. The van der Waals surface area contributed by atoms with Crippen LogP contribution >= 0.6 is 0 Å². The van der Waals surface area contributed by atoms with E-state index < -0.39 is 5.41 Å². The maximum Gasteiger partial charge on any atom is 0.228 e. The Kier molecular flexibility index (Phi) is 5.75. The monoisotopic (exact) mass is 445 g/mol. The van der Waals surface area contributed by atoms with Crippen LogP contribution in [0.4, 0.5) is 0 Å². The van der Waals surface area contributed by atoms with Crippen molar-refractivity contribution >= 4 is 11.8 Å². The first kappa shape index (κ1) is 22.1. The SMILES string of the molecule is CC(C)NC(=O)[C@@]1(Cc2ccccc2-c2cccnc2)CCCN(C(=O)[C@@H]2CC23CCC3)C1. The number of rotatable bonds is 6. The van der Waals surface area contributed by atoms with Crippen molar-refractivity contribution in [1.29, 1.82) is 0 Å². The van der Waals surface area contributed by atoms with Gasteiger partial charge in [0.05, 0.1) is 5.41 Å². The third-order valence-corrected chi connectivity index (χ3v) is 8.15. The summed E-state index contributed by atoms with van der Waals surface area (Å²) in [7, 11) is 0. The number of likely N-dealkylation sites (tertiary alicyclic amines) is 1. The summed E-state index contributed by atoms with van der Waals surface area (Å²) in [6.07, 6.45) is 10.7. The van der Waals surface area contributed by atoms with Crippen LogP contribution < -0.4 is 5.32 Å². The minimum absolute atomic E-state index is 0.0655. The van der Waals surface area contributed by atoms with Gasteiger partial charge in [-0.15, -0.1) is 0 Å². The van der Waals surface area contributed by atoms with Gasteiger partial charge in [0.2, 0.25) is 11.8 Å². The molecule has 0 radical (unpaired) electrons. The van der Waals surface area contributed by atoms with E-state index in [2.05, 4.69) is 28.5 Å². The van der Waals surface area contributed by atoms with Crippen molar-refractivity contribution < 1.29 is 9.59 Å². The maximum absolute atomic E-state index is 13.7. The molecule has 1 aromatic heterocycles. The van der Waals surface area contributed by atoms with Crippen molar-refractivity contribution in [1.82, 2.24) is 15.2 Å². The van der Waals surface area contributed by atoms with Gasteiger partial charge in [-0.1, -0.05) is 36.8 Å². The number of nitrogens with one attached hydrogen (secondary N) is 1. The summed E-state index contributed by atoms with van der Waals surface area (Å²) in [5.74, 6) is 0.555. The van der Waals surface area contributed by atoms with Gasteiger partial charge in [0, 0.05) is 43.0 Å². The van der Waals surface area contributed by atoms with E-state index in [9.17, 15) is 9.59 Å². The van der Waals surface area contributed by atoms with E-state index in [1.54, 1.807) is 6.20 Å². The average Bonchev–Trinajstić information content (AvgIpc) is 3.56. The van der Waals surface area contributed by atoms with Gasteiger partial charge in [-0.25, -0.2) is 0 Å². The lowest BCUT2D eigenvalue weighted by molar-refractivity contribution is -0.143. The minimum atomic E-state index is -0.613. The largest absolute Gasteiger partial charge is 0.353 e. The number of carbonyl (C=O) groups excluding carboxylic acids is 2. The van der Waals surface area contributed by atoms with E-state index in [1.165, 1.54) is 19.3 Å². The Balaban J connectivity index is 1.44. The predicted octanol–water partition coefficient (Wildman–Crippen LogP) is 4.61. The van der Waals surface area contributed by atoms with Crippen LogP contribution in [0.1, 0.15) is 57.9 Å². The molecule has 5 rings (SSSR count). The Labute approximate surface area is 197 Å². The normalized spacial score (nSPS) is 25.5. The summed E-state index contributed by atoms with van der Waals surface area (Å²) in [4.78, 5) is 33.4. The fourth-order valence-electron chi connectivity index (χ4n) is 6.09. The number of hydrogen-bond donors (Lipinski definition) is 1. The molecule has 1 spiro atoms. The van der Waals surface area contributed by atoms with Crippen LogP contribution in [0.5, 0.6) is 0 Å². The van der Waals surface area contributed by atoms with Crippen LogP contribution in [-0.2, 0) is 16.0 Å². The molecule has 3 aliphatic rings. The Morgan fingerprint density at radius 2 is 1.94 bits per heavy atom. The molecule has 5 nitrogen and oxygen atoms in total. The number of piperidine rings is 1. The molecule has 174 valence electrons. The summed E-state index contributed by atoms with van der Waals surface area (Å²) in [6, 6.07) is 12.4. The third kappa shape index (κ3) is 4.18. The number of pyridine rings is 1. The molecule has 3 fully saturated rings. The van der Waals surface area contributed by atoms with Gasteiger partial charge < -0.3 is 10.2 Å². The molecule has 1 saturated heterocycles. The smallest absolute Gasteiger partial charge is 0.228 e. The second kappa shape index (κ2) is 8.58. The lowest BCUT2D eigenvalue weighted by Crippen LogP contribution is -2.56. The van der Waals surface area contributed by atoms with Crippen LogP contribution in [0.2, 0.25) is 0 Å². The van der Waals surface area contributed by atoms with Gasteiger partial charge in [0.25, 0.3) is 0 Å². The van der Waals surface area contributed by atoms with Gasteiger partial charge in [-0.3, -0.25) is 14.6 Å². The number of benzene rings is 1. The molecule has 2 atom stereocenters. The molecule has 33 heavy (non-hydrogen) atoms. The molecule has 2 amide bonds. The van der Waals surface area contributed by atoms with Crippen molar-refractivity contribution in [3.8, 4) is 11.1 Å². The molecule has 2 heterocycles. The van der Waals surface area contributed by atoms with E-state index >= 15 is 0 Å². The predicted molar refractivity (Wildman–Crippen MR) is 129 cm³/mol. The van der Waals surface area contributed by atoms with Crippen molar-refractivity contribution in [2.45, 2.75) is 64.8 Å². The molecule has 2 aromatic rings. The molecule has 1 aliphatic heterocycles. The Bertz CT molecular complexity index is 1030. The number of nitrogens with zero attached hydrogens (tertiary/aromatic N) is 2. The van der Waals surface area contributed by atoms with Crippen molar-refractivity contribution in [2.75, 3.05) is 13.1 Å². The zero-order chi connectivity index (χ0) is 23.1. The number of carbonyl (C=O) groups is 2. The van der Waals surface area contributed by atoms with Gasteiger partial charge in [-0.2, -0.15) is 0 Å². The van der Waals surface area contributed by atoms with Crippen molar-refractivity contribution in [3.05, 3.63) is 54.4 Å². The van der Waals surface area contributed by atoms with E-state index in [-0.39, 0.29) is 23.8 Å². The molecule has 0 bridgehead atoms. The highest BCUT2D eigenvalue weighted by atomic mass is 16.2. The average molecular weight is 446 g/mol. The minimum Gasteiger partial charge on any atom is -0.353 e. The van der Waals surface area contributed by atoms with E-state index in [0.717, 1.165) is 42.5 Å². The van der Waals surface area contributed by atoms with E-state index in [4.69, 9.17) is 0 Å². The van der Waals surface area contributed by atoms with Crippen LogP contribution in [0.3, 0.4) is 0 Å². The van der Waals surface area contributed by atoms with Crippen molar-refractivity contribution in [2.24, 2.45) is 16.7 Å². The molecule has 2 saturated carbocycles. The molecular weight excluding hydrogens is 410 g/mol. The number of hydrogen-bond acceptors (Lipinski definition) is 3. The van der Waals surface area contributed by atoms with Crippen LogP contribution in [-0.4, -0.2) is 40.8 Å². The highest BCUT2D eigenvalue weighted by Crippen LogP contribution is 2.66. The van der Waals surface area contributed by atoms with Crippen LogP contribution in [0, 0.1) is 16.7 Å². The lowest BCUT2D eigenvalue weighted by atomic mass is 9.72. The quantitative estimate of drug-likeness (QED) is 0.706. The first-order chi connectivity index (χ1) is 15.9. The summed E-state index contributed by atoms with van der Waals surface area (Å²) in [5, 5.41) is 3.19. The van der Waals surface area contributed by atoms with Crippen LogP contribution in [0.25, 0.3) is 11.1 Å². The van der Waals surface area contributed by atoms with E-state index in [1.807, 2.05) is 43.1 Å². The fourth-order valence-corrected chi connectivity index (χ4v) is 6.09. The molecule has 2 aliphatic carbocycles. The molecule has 5 heteroatoms. The molecule has 1 aromatic carbocycles. The van der Waals surface area contributed by atoms with Gasteiger partial charge in [0.1, 0.15) is 0 Å². The first-order valence-corrected chi connectivity index (χ1v) is 12.5. The topological polar surface area (TPSA) is 62.3 Å². The first-order valence-electron chi connectivity index (χ1n) is 12.5. The van der Waals surface area contributed by atoms with Gasteiger partial charge in [-0.05, 0) is 75.0 Å². The lowest BCUT2D eigenvalue weighted by Gasteiger charge is -2.43. The molecule has 0 unspecified atom stereocenters. The third-order valence-electron chi connectivity index (χ3n) is 8.15. The number of amides is 2. The highest BCUT2D eigenvalue weighted by Gasteiger charge is 2.62. The summed E-state index contributed by atoms with van der Waals surface area (Å²) in [6.45, 7) is 5.29. The van der Waals surface area contributed by atoms with Gasteiger partial charge in [0.15, 0.2) is 0 Å². The number of aromatic nitrogens is 1. The van der Waals surface area contributed by atoms with Crippen molar-refractivity contribution in [3.63, 3.8) is 0 Å². The second-order valence-electron chi connectivity index (χ2n) is 10.8. The highest BCUT2D eigenvalue weighted by molar-refractivity contribution is 5.87. The summed E-state index contributed by atoms with van der Waals surface area (Å²) >= 11 is 0. The Hall–Kier alpha value is -2.69. The second-order valence-corrected chi connectivity index (χ2v) is 10.8.